The lowest BCUT2D eigenvalue weighted by Crippen LogP contribution is -2.28. The van der Waals surface area contributed by atoms with Gasteiger partial charge in [-0.3, -0.25) is 4.79 Å². The maximum atomic E-state index is 12.7. The van der Waals surface area contributed by atoms with Crippen LogP contribution in [0.2, 0.25) is 0 Å². The van der Waals surface area contributed by atoms with E-state index in [2.05, 4.69) is 53.4 Å². The fourth-order valence-electron chi connectivity index (χ4n) is 3.91. The van der Waals surface area contributed by atoms with E-state index in [0.717, 1.165) is 44.7 Å². The highest BCUT2D eigenvalue weighted by atomic mass is 16.2. The Balaban J connectivity index is 1.61. The molecule has 0 atom stereocenters. The summed E-state index contributed by atoms with van der Waals surface area (Å²) in [6.07, 6.45) is 2.17. The molecule has 0 aliphatic carbocycles. The molecule has 1 heterocycles. The molecule has 4 nitrogen and oxygen atoms in total. The molecule has 0 saturated carbocycles. The lowest BCUT2D eigenvalue weighted by Gasteiger charge is -2.27. The summed E-state index contributed by atoms with van der Waals surface area (Å²) in [5.74, 6) is 0.0819. The normalized spacial score (nSPS) is 13.4. The summed E-state index contributed by atoms with van der Waals surface area (Å²) in [5.41, 5.74) is 11.2. The van der Waals surface area contributed by atoms with Crippen LogP contribution in [0.3, 0.4) is 0 Å². The van der Waals surface area contributed by atoms with Gasteiger partial charge in [-0.1, -0.05) is 60.7 Å². The van der Waals surface area contributed by atoms with Crippen molar-refractivity contribution in [1.82, 2.24) is 4.90 Å². The number of carbonyl (C=O) groups excluding carboxylic acids is 1. The van der Waals surface area contributed by atoms with Crippen molar-refractivity contribution >= 4 is 17.3 Å². The van der Waals surface area contributed by atoms with Crippen LogP contribution < -0.4 is 10.6 Å². The molecule has 0 aromatic heterocycles. The summed E-state index contributed by atoms with van der Waals surface area (Å²) in [5, 5.41) is 0. The molecule has 4 rings (SSSR count). The summed E-state index contributed by atoms with van der Waals surface area (Å²) >= 11 is 0. The fraction of sp³-hybridized carbons (Fsp3) is 0.240. The van der Waals surface area contributed by atoms with Crippen molar-refractivity contribution in [3.63, 3.8) is 0 Å². The van der Waals surface area contributed by atoms with Gasteiger partial charge in [0, 0.05) is 31.7 Å². The Morgan fingerprint density at radius 2 is 1.38 bits per heavy atom. The largest absolute Gasteiger partial charge is 0.397 e. The highest BCUT2D eigenvalue weighted by Gasteiger charge is 2.21. The molecule has 148 valence electrons. The van der Waals surface area contributed by atoms with E-state index in [9.17, 15) is 4.79 Å². The van der Waals surface area contributed by atoms with Gasteiger partial charge >= 0.3 is 0 Å². The van der Waals surface area contributed by atoms with E-state index in [1.54, 1.807) is 0 Å². The first-order valence-electron chi connectivity index (χ1n) is 10.2. The Morgan fingerprint density at radius 3 is 1.90 bits per heavy atom. The van der Waals surface area contributed by atoms with Crippen LogP contribution in [-0.2, 0) is 13.1 Å². The van der Waals surface area contributed by atoms with Gasteiger partial charge in [0.05, 0.1) is 11.4 Å². The molecule has 1 fully saturated rings. The van der Waals surface area contributed by atoms with Gasteiger partial charge in [0.25, 0.3) is 5.91 Å². The van der Waals surface area contributed by atoms with Gasteiger partial charge in [-0.05, 0) is 42.2 Å². The molecule has 1 amide bonds. The number of nitrogens with zero attached hydrogens (tertiary/aromatic N) is 2. The summed E-state index contributed by atoms with van der Waals surface area (Å²) < 4.78 is 0. The van der Waals surface area contributed by atoms with Crippen molar-refractivity contribution in [3.8, 4) is 0 Å². The molecule has 1 saturated heterocycles. The number of amides is 1. The van der Waals surface area contributed by atoms with Crippen LogP contribution in [0, 0.1) is 0 Å². The zero-order valence-corrected chi connectivity index (χ0v) is 16.6. The van der Waals surface area contributed by atoms with E-state index in [1.807, 2.05) is 35.2 Å². The highest BCUT2D eigenvalue weighted by molar-refractivity contribution is 5.96. The molecule has 0 spiro atoms. The van der Waals surface area contributed by atoms with Gasteiger partial charge in [0.2, 0.25) is 0 Å². The van der Waals surface area contributed by atoms with Crippen molar-refractivity contribution in [2.75, 3.05) is 23.7 Å². The topological polar surface area (TPSA) is 49.6 Å². The van der Waals surface area contributed by atoms with Crippen molar-refractivity contribution in [1.29, 1.82) is 0 Å². The zero-order chi connectivity index (χ0) is 20.1. The number of carbonyl (C=O) groups is 1. The lowest BCUT2D eigenvalue weighted by atomic mass is 10.1. The van der Waals surface area contributed by atoms with Crippen LogP contribution in [0.15, 0.2) is 78.9 Å². The number of hydrogen-bond acceptors (Lipinski definition) is 3. The van der Waals surface area contributed by atoms with Gasteiger partial charge in [-0.2, -0.15) is 0 Å². The zero-order valence-electron chi connectivity index (χ0n) is 16.6. The lowest BCUT2D eigenvalue weighted by molar-refractivity contribution is 0.0793. The molecule has 0 unspecified atom stereocenters. The maximum absolute atomic E-state index is 12.7. The van der Waals surface area contributed by atoms with Gasteiger partial charge in [-0.25, -0.2) is 0 Å². The molecule has 3 aromatic rings. The van der Waals surface area contributed by atoms with Crippen LogP contribution >= 0.6 is 0 Å². The van der Waals surface area contributed by atoms with Crippen LogP contribution in [0.4, 0.5) is 11.4 Å². The number of rotatable bonds is 6. The Kier molecular flexibility index (Phi) is 5.80. The predicted molar refractivity (Wildman–Crippen MR) is 119 cm³/mol. The van der Waals surface area contributed by atoms with Crippen molar-refractivity contribution in [2.45, 2.75) is 25.9 Å². The molecule has 1 aliphatic heterocycles. The minimum absolute atomic E-state index is 0.0819. The van der Waals surface area contributed by atoms with E-state index in [0.29, 0.717) is 11.3 Å². The van der Waals surface area contributed by atoms with Gasteiger partial charge < -0.3 is 15.5 Å². The van der Waals surface area contributed by atoms with Crippen LogP contribution in [0.25, 0.3) is 0 Å². The van der Waals surface area contributed by atoms with E-state index < -0.39 is 0 Å². The van der Waals surface area contributed by atoms with E-state index in [-0.39, 0.29) is 5.91 Å². The number of hydrogen-bond donors (Lipinski definition) is 1. The van der Waals surface area contributed by atoms with Crippen molar-refractivity contribution < 1.29 is 4.79 Å². The second kappa shape index (κ2) is 8.82. The van der Waals surface area contributed by atoms with E-state index in [4.69, 9.17) is 5.73 Å². The van der Waals surface area contributed by atoms with Gasteiger partial charge in [-0.15, -0.1) is 0 Å². The monoisotopic (exact) mass is 385 g/mol. The molecular weight excluding hydrogens is 358 g/mol. The Morgan fingerprint density at radius 1 is 0.828 bits per heavy atom. The molecular formula is C25H27N3O. The second-order valence-corrected chi connectivity index (χ2v) is 7.60. The molecule has 2 N–H and O–H groups in total. The van der Waals surface area contributed by atoms with Crippen molar-refractivity contribution in [3.05, 3.63) is 95.6 Å². The Bertz CT molecular complexity index is 909. The van der Waals surface area contributed by atoms with E-state index in [1.165, 1.54) is 11.1 Å². The number of nitrogen functional groups attached to an aromatic ring is 1. The minimum Gasteiger partial charge on any atom is -0.397 e. The summed E-state index contributed by atoms with van der Waals surface area (Å²) in [6, 6.07) is 26.5. The van der Waals surface area contributed by atoms with Crippen molar-refractivity contribution in [2.24, 2.45) is 0 Å². The fourth-order valence-corrected chi connectivity index (χ4v) is 3.91. The number of anilines is 2. The number of likely N-dealkylation sites (tertiary alicyclic amines) is 1. The van der Waals surface area contributed by atoms with Crippen LogP contribution in [0.1, 0.15) is 34.3 Å². The number of benzene rings is 3. The average Bonchev–Trinajstić information content (AvgIpc) is 3.29. The van der Waals surface area contributed by atoms with E-state index >= 15 is 0 Å². The maximum Gasteiger partial charge on any atom is 0.253 e. The third kappa shape index (κ3) is 4.60. The Hall–Kier alpha value is -3.27. The highest BCUT2D eigenvalue weighted by Crippen LogP contribution is 2.28. The van der Waals surface area contributed by atoms with Gasteiger partial charge in [0.15, 0.2) is 0 Å². The standard InChI is InChI=1S/C25H27N3O/c26-23-17-22(25(29)27-15-7-8-16-27)13-14-24(23)28(18-20-9-3-1-4-10-20)19-21-11-5-2-6-12-21/h1-6,9-14,17H,7-8,15-16,18-19,26H2. The van der Waals surface area contributed by atoms with Crippen LogP contribution in [-0.4, -0.2) is 23.9 Å². The molecule has 29 heavy (non-hydrogen) atoms. The third-order valence-electron chi connectivity index (χ3n) is 5.44. The second-order valence-electron chi connectivity index (χ2n) is 7.60. The summed E-state index contributed by atoms with van der Waals surface area (Å²) in [6.45, 7) is 3.18. The average molecular weight is 386 g/mol. The molecule has 1 aliphatic rings. The smallest absolute Gasteiger partial charge is 0.253 e. The SMILES string of the molecule is Nc1cc(C(=O)N2CCCC2)ccc1N(Cc1ccccc1)Cc1ccccc1. The molecule has 0 bridgehead atoms. The quantitative estimate of drug-likeness (QED) is 0.625. The minimum atomic E-state index is 0.0819. The first-order valence-corrected chi connectivity index (χ1v) is 10.2. The third-order valence-corrected chi connectivity index (χ3v) is 5.44. The molecule has 3 aromatic carbocycles. The summed E-state index contributed by atoms with van der Waals surface area (Å²) in [4.78, 5) is 16.9. The first-order chi connectivity index (χ1) is 14.2. The van der Waals surface area contributed by atoms with Gasteiger partial charge in [0.1, 0.15) is 0 Å². The first kappa shape index (κ1) is 19.1. The predicted octanol–water partition coefficient (Wildman–Crippen LogP) is 4.71. The molecule has 0 radical (unpaired) electrons. The Labute approximate surface area is 172 Å². The molecule has 4 heteroatoms. The summed E-state index contributed by atoms with van der Waals surface area (Å²) in [7, 11) is 0. The number of nitrogens with two attached hydrogens (primary N) is 1. The van der Waals surface area contributed by atoms with Crippen LogP contribution in [0.5, 0.6) is 0 Å².